The third kappa shape index (κ3) is 5.11. The SMILES string of the molecule is CCCCCCC[C@@H]1O[C@H]1CS(=O)(=O)c1ccc(C)cc1. The van der Waals surface area contributed by atoms with E-state index in [0.29, 0.717) is 4.90 Å². The van der Waals surface area contributed by atoms with Crippen molar-refractivity contribution in [2.75, 3.05) is 5.75 Å². The first-order valence-corrected chi connectivity index (χ1v) is 9.63. The lowest BCUT2D eigenvalue weighted by Gasteiger charge is -2.03. The van der Waals surface area contributed by atoms with Crippen molar-refractivity contribution in [3.63, 3.8) is 0 Å². The molecule has 2 rings (SSSR count). The zero-order valence-corrected chi connectivity index (χ0v) is 13.9. The van der Waals surface area contributed by atoms with Gasteiger partial charge >= 0.3 is 0 Å². The van der Waals surface area contributed by atoms with Crippen LogP contribution in [0, 0.1) is 6.92 Å². The third-order valence-corrected chi connectivity index (χ3v) is 5.80. The van der Waals surface area contributed by atoms with Crippen LogP contribution in [0.15, 0.2) is 29.2 Å². The van der Waals surface area contributed by atoms with Gasteiger partial charge in [-0.25, -0.2) is 8.42 Å². The molecule has 0 unspecified atom stereocenters. The molecule has 1 aromatic carbocycles. The zero-order valence-electron chi connectivity index (χ0n) is 13.0. The van der Waals surface area contributed by atoms with Crippen molar-refractivity contribution < 1.29 is 13.2 Å². The zero-order chi connectivity index (χ0) is 15.3. The van der Waals surface area contributed by atoms with Crippen molar-refractivity contribution in [3.8, 4) is 0 Å². The Kier molecular flexibility index (Phi) is 5.82. The summed E-state index contributed by atoms with van der Waals surface area (Å²) in [6.45, 7) is 4.16. The molecule has 118 valence electrons. The fourth-order valence-electron chi connectivity index (χ4n) is 2.59. The molecule has 0 radical (unpaired) electrons. The van der Waals surface area contributed by atoms with Gasteiger partial charge in [0.25, 0.3) is 0 Å². The predicted octanol–water partition coefficient (Wildman–Crippen LogP) is 3.90. The van der Waals surface area contributed by atoms with Gasteiger partial charge in [-0.1, -0.05) is 56.7 Å². The highest BCUT2D eigenvalue weighted by Crippen LogP contribution is 2.30. The van der Waals surface area contributed by atoms with E-state index >= 15 is 0 Å². The summed E-state index contributed by atoms with van der Waals surface area (Å²) in [4.78, 5) is 0.408. The maximum atomic E-state index is 12.3. The Balaban J connectivity index is 1.74. The van der Waals surface area contributed by atoms with Gasteiger partial charge in [-0.05, 0) is 25.5 Å². The number of unbranched alkanes of at least 4 members (excludes halogenated alkanes) is 4. The number of rotatable bonds is 9. The van der Waals surface area contributed by atoms with E-state index < -0.39 is 9.84 Å². The van der Waals surface area contributed by atoms with Gasteiger partial charge in [-0.2, -0.15) is 0 Å². The Morgan fingerprint density at radius 1 is 1.00 bits per heavy atom. The van der Waals surface area contributed by atoms with Crippen molar-refractivity contribution in [2.45, 2.75) is 69.5 Å². The highest BCUT2D eigenvalue weighted by atomic mass is 32.2. The lowest BCUT2D eigenvalue weighted by molar-refractivity contribution is 0.365. The van der Waals surface area contributed by atoms with E-state index in [0.717, 1.165) is 18.4 Å². The van der Waals surface area contributed by atoms with Gasteiger partial charge < -0.3 is 4.74 Å². The molecule has 0 aromatic heterocycles. The van der Waals surface area contributed by atoms with Gasteiger partial charge in [0, 0.05) is 0 Å². The standard InChI is InChI=1S/C17H26O3S/c1-3-4-5-6-7-8-16-17(20-16)13-21(18,19)15-11-9-14(2)10-12-15/h9-12,16-17H,3-8,13H2,1-2H3/t16-,17-/m0/s1. The molecule has 0 aliphatic carbocycles. The normalized spacial score (nSPS) is 21.4. The number of hydrogen-bond acceptors (Lipinski definition) is 3. The van der Waals surface area contributed by atoms with Crippen LogP contribution in [0.4, 0.5) is 0 Å². The minimum atomic E-state index is -3.21. The second kappa shape index (κ2) is 7.41. The molecular weight excluding hydrogens is 284 g/mol. The monoisotopic (exact) mass is 310 g/mol. The molecule has 1 fully saturated rings. The first-order valence-electron chi connectivity index (χ1n) is 7.98. The van der Waals surface area contributed by atoms with Crippen molar-refractivity contribution in [3.05, 3.63) is 29.8 Å². The van der Waals surface area contributed by atoms with Crippen molar-refractivity contribution in [1.29, 1.82) is 0 Å². The summed E-state index contributed by atoms with van der Waals surface area (Å²) >= 11 is 0. The van der Waals surface area contributed by atoms with Crippen LogP contribution in [0.1, 0.15) is 51.0 Å². The molecule has 1 aromatic rings. The average molecular weight is 310 g/mol. The lowest BCUT2D eigenvalue weighted by Crippen LogP contribution is -2.13. The summed E-state index contributed by atoms with van der Waals surface area (Å²) < 4.78 is 30.1. The summed E-state index contributed by atoms with van der Waals surface area (Å²) in [5.74, 6) is 0.121. The van der Waals surface area contributed by atoms with E-state index in [4.69, 9.17) is 4.74 Å². The van der Waals surface area contributed by atoms with E-state index in [1.54, 1.807) is 12.1 Å². The Hall–Kier alpha value is -0.870. The minimum absolute atomic E-state index is 0.0949. The number of benzene rings is 1. The molecule has 0 amide bonds. The number of hydrogen-bond donors (Lipinski definition) is 0. The minimum Gasteiger partial charge on any atom is -0.368 e. The largest absolute Gasteiger partial charge is 0.368 e. The fourth-order valence-corrected chi connectivity index (χ4v) is 4.06. The molecule has 1 saturated heterocycles. The van der Waals surface area contributed by atoms with Gasteiger partial charge in [0.1, 0.15) is 0 Å². The van der Waals surface area contributed by atoms with Crippen LogP contribution in [0.3, 0.4) is 0 Å². The molecule has 0 bridgehead atoms. The smallest absolute Gasteiger partial charge is 0.181 e. The highest BCUT2D eigenvalue weighted by molar-refractivity contribution is 7.91. The Bertz CT molecular complexity index is 534. The van der Waals surface area contributed by atoms with Crippen LogP contribution in [-0.4, -0.2) is 26.4 Å². The van der Waals surface area contributed by atoms with Gasteiger partial charge in [0.05, 0.1) is 22.9 Å². The van der Waals surface area contributed by atoms with Crippen LogP contribution >= 0.6 is 0 Å². The van der Waals surface area contributed by atoms with Crippen LogP contribution in [0.25, 0.3) is 0 Å². The second-order valence-electron chi connectivity index (χ2n) is 6.01. The fraction of sp³-hybridized carbons (Fsp3) is 0.647. The summed E-state index contributed by atoms with van der Waals surface area (Å²) in [6, 6.07) is 7.05. The summed E-state index contributed by atoms with van der Waals surface area (Å²) in [7, 11) is -3.21. The van der Waals surface area contributed by atoms with Crippen LogP contribution in [0.2, 0.25) is 0 Å². The second-order valence-corrected chi connectivity index (χ2v) is 8.04. The average Bonchev–Trinajstić information content (AvgIpc) is 3.16. The first-order chi connectivity index (χ1) is 10.0. The number of aryl methyl sites for hydroxylation is 1. The first kappa shape index (κ1) is 16.5. The predicted molar refractivity (Wildman–Crippen MR) is 85.3 cm³/mol. The third-order valence-electron chi connectivity index (χ3n) is 4.04. The van der Waals surface area contributed by atoms with Crippen LogP contribution in [-0.2, 0) is 14.6 Å². The van der Waals surface area contributed by atoms with Crippen molar-refractivity contribution >= 4 is 9.84 Å². The molecule has 0 saturated carbocycles. The van der Waals surface area contributed by atoms with E-state index in [-0.39, 0.29) is 18.0 Å². The van der Waals surface area contributed by atoms with Gasteiger partial charge in [-0.3, -0.25) is 0 Å². The Labute approximate surface area is 128 Å². The molecule has 4 heteroatoms. The number of ether oxygens (including phenoxy) is 1. The van der Waals surface area contributed by atoms with Crippen molar-refractivity contribution in [2.24, 2.45) is 0 Å². The van der Waals surface area contributed by atoms with Gasteiger partial charge in [0.15, 0.2) is 9.84 Å². The lowest BCUT2D eigenvalue weighted by atomic mass is 10.1. The number of epoxide rings is 1. The molecule has 1 aliphatic heterocycles. The van der Waals surface area contributed by atoms with E-state index in [2.05, 4.69) is 6.92 Å². The van der Waals surface area contributed by atoms with Crippen LogP contribution < -0.4 is 0 Å². The van der Waals surface area contributed by atoms with E-state index in [1.807, 2.05) is 19.1 Å². The van der Waals surface area contributed by atoms with Crippen LogP contribution in [0.5, 0.6) is 0 Å². The van der Waals surface area contributed by atoms with E-state index in [9.17, 15) is 8.42 Å². The molecule has 3 nitrogen and oxygen atoms in total. The molecule has 1 heterocycles. The highest BCUT2D eigenvalue weighted by Gasteiger charge is 2.41. The summed E-state index contributed by atoms with van der Waals surface area (Å²) in [5.41, 5.74) is 1.07. The topological polar surface area (TPSA) is 46.7 Å². The quantitative estimate of drug-likeness (QED) is 0.513. The van der Waals surface area contributed by atoms with Gasteiger partial charge in [-0.15, -0.1) is 0 Å². The Morgan fingerprint density at radius 3 is 2.33 bits per heavy atom. The number of sulfone groups is 1. The molecular formula is C17H26O3S. The molecule has 0 spiro atoms. The molecule has 2 atom stereocenters. The summed E-state index contributed by atoms with van der Waals surface area (Å²) in [5, 5.41) is 0. The molecule has 21 heavy (non-hydrogen) atoms. The molecule has 1 aliphatic rings. The maximum absolute atomic E-state index is 12.3. The van der Waals surface area contributed by atoms with E-state index in [1.165, 1.54) is 25.7 Å². The maximum Gasteiger partial charge on any atom is 0.181 e. The van der Waals surface area contributed by atoms with Crippen molar-refractivity contribution in [1.82, 2.24) is 0 Å². The Morgan fingerprint density at radius 2 is 1.67 bits per heavy atom. The molecule has 0 N–H and O–H groups in total. The summed E-state index contributed by atoms with van der Waals surface area (Å²) in [6.07, 6.45) is 7.24. The van der Waals surface area contributed by atoms with Gasteiger partial charge in [0.2, 0.25) is 0 Å².